The van der Waals surface area contributed by atoms with Gasteiger partial charge in [-0.3, -0.25) is 14.4 Å². The number of hydrogen-bond acceptors (Lipinski definition) is 6. The minimum Gasteiger partial charge on any atom is -0.462 e. The summed E-state index contributed by atoms with van der Waals surface area (Å²) < 4.78 is 16.7. The van der Waals surface area contributed by atoms with Gasteiger partial charge in [-0.1, -0.05) is 206 Å². The van der Waals surface area contributed by atoms with Crippen LogP contribution in [0.15, 0.2) is 12.2 Å². The Hall–Kier alpha value is -1.85. The van der Waals surface area contributed by atoms with Gasteiger partial charge in [-0.25, -0.2) is 0 Å². The molecule has 0 spiro atoms. The van der Waals surface area contributed by atoms with Gasteiger partial charge in [0, 0.05) is 19.3 Å². The molecule has 1 unspecified atom stereocenters. The van der Waals surface area contributed by atoms with Gasteiger partial charge < -0.3 is 14.2 Å². The zero-order valence-electron chi connectivity index (χ0n) is 36.3. The monoisotopic (exact) mass is 763 g/mol. The van der Waals surface area contributed by atoms with Crippen molar-refractivity contribution >= 4 is 17.9 Å². The number of ether oxygens (including phenoxy) is 3. The Morgan fingerprint density at radius 2 is 0.611 bits per heavy atom. The summed E-state index contributed by atoms with van der Waals surface area (Å²) in [7, 11) is 0. The fourth-order valence-electron chi connectivity index (χ4n) is 6.91. The Morgan fingerprint density at radius 1 is 0.352 bits per heavy atom. The summed E-state index contributed by atoms with van der Waals surface area (Å²) in [6, 6.07) is 0. The lowest BCUT2D eigenvalue weighted by atomic mass is 10.0. The summed E-state index contributed by atoms with van der Waals surface area (Å²) in [6.45, 7) is 6.60. The molecule has 318 valence electrons. The van der Waals surface area contributed by atoms with Crippen LogP contribution in [0.25, 0.3) is 0 Å². The van der Waals surface area contributed by atoms with Crippen molar-refractivity contribution in [1.29, 1.82) is 0 Å². The van der Waals surface area contributed by atoms with Gasteiger partial charge in [0.25, 0.3) is 0 Å². The molecular formula is C48H90O6. The fourth-order valence-corrected chi connectivity index (χ4v) is 6.91. The standard InChI is InChI=1S/C48H90O6/c1-4-7-10-13-16-19-21-23-24-25-27-29-32-35-38-41-47(50)53-44-45(43-52-46(49)40-37-34-31-28-18-15-12-9-6-3)54-48(51)42-39-36-33-30-26-22-20-17-14-11-8-5-2/h17,20,45H,4-16,18-19,21-44H2,1-3H3/b20-17-. The largest absolute Gasteiger partial charge is 0.462 e. The van der Waals surface area contributed by atoms with Gasteiger partial charge >= 0.3 is 17.9 Å². The number of esters is 3. The maximum atomic E-state index is 12.7. The molecule has 0 aromatic rings. The van der Waals surface area contributed by atoms with Crippen LogP contribution in [0.1, 0.15) is 258 Å². The summed E-state index contributed by atoms with van der Waals surface area (Å²) in [4.78, 5) is 37.7. The van der Waals surface area contributed by atoms with Crippen molar-refractivity contribution in [2.24, 2.45) is 0 Å². The summed E-state index contributed by atoms with van der Waals surface area (Å²) >= 11 is 0. The van der Waals surface area contributed by atoms with E-state index in [1.807, 2.05) is 0 Å². The van der Waals surface area contributed by atoms with E-state index in [0.717, 1.165) is 64.2 Å². The molecule has 54 heavy (non-hydrogen) atoms. The number of carbonyl (C=O) groups excluding carboxylic acids is 3. The molecule has 0 aromatic carbocycles. The molecule has 6 heteroatoms. The molecule has 0 rings (SSSR count). The first-order chi connectivity index (χ1) is 26.5. The maximum Gasteiger partial charge on any atom is 0.306 e. The van der Waals surface area contributed by atoms with Crippen LogP contribution in [-0.4, -0.2) is 37.2 Å². The molecule has 0 saturated heterocycles. The minimum atomic E-state index is -0.765. The van der Waals surface area contributed by atoms with Crippen LogP contribution in [0.4, 0.5) is 0 Å². The molecule has 0 aliphatic heterocycles. The molecule has 0 fully saturated rings. The first kappa shape index (κ1) is 52.2. The van der Waals surface area contributed by atoms with Gasteiger partial charge in [0.05, 0.1) is 0 Å². The number of allylic oxidation sites excluding steroid dienone is 2. The minimum absolute atomic E-state index is 0.0689. The highest BCUT2D eigenvalue weighted by atomic mass is 16.6. The third-order valence-corrected chi connectivity index (χ3v) is 10.5. The van der Waals surface area contributed by atoms with Crippen molar-refractivity contribution in [3.05, 3.63) is 12.2 Å². The summed E-state index contributed by atoms with van der Waals surface area (Å²) in [5.41, 5.74) is 0. The van der Waals surface area contributed by atoms with Crippen molar-refractivity contribution in [2.75, 3.05) is 13.2 Å². The Morgan fingerprint density at radius 3 is 0.963 bits per heavy atom. The predicted octanol–water partition coefficient (Wildman–Crippen LogP) is 15.0. The molecule has 0 aliphatic carbocycles. The lowest BCUT2D eigenvalue weighted by molar-refractivity contribution is -0.167. The van der Waals surface area contributed by atoms with Gasteiger partial charge in [-0.15, -0.1) is 0 Å². The van der Waals surface area contributed by atoms with Gasteiger partial charge in [0.2, 0.25) is 0 Å². The Bertz CT molecular complexity index is 839. The first-order valence-electron chi connectivity index (χ1n) is 23.7. The van der Waals surface area contributed by atoms with Crippen LogP contribution in [-0.2, 0) is 28.6 Å². The van der Waals surface area contributed by atoms with E-state index >= 15 is 0 Å². The van der Waals surface area contributed by atoms with E-state index in [1.54, 1.807) is 0 Å². The third kappa shape index (κ3) is 41.3. The van der Waals surface area contributed by atoms with Crippen LogP contribution in [0, 0.1) is 0 Å². The Labute approximate surface area is 335 Å². The van der Waals surface area contributed by atoms with Gasteiger partial charge in [0.1, 0.15) is 13.2 Å². The van der Waals surface area contributed by atoms with Crippen molar-refractivity contribution in [2.45, 2.75) is 264 Å². The lowest BCUT2D eigenvalue weighted by Crippen LogP contribution is -2.30. The van der Waals surface area contributed by atoms with Gasteiger partial charge in [-0.05, 0) is 44.9 Å². The molecule has 0 bridgehead atoms. The SMILES string of the molecule is CCCCC/C=C\CCCCCCCC(=O)OC(COC(=O)CCCCCCCCCCC)COC(=O)CCCCCCCCCCCCCCCCC. The Kier molecular flexibility index (Phi) is 42.4. The highest BCUT2D eigenvalue weighted by molar-refractivity contribution is 5.71. The van der Waals surface area contributed by atoms with E-state index in [-0.39, 0.29) is 31.1 Å². The molecule has 0 aliphatic rings. The first-order valence-corrected chi connectivity index (χ1v) is 23.7. The van der Waals surface area contributed by atoms with Crippen LogP contribution in [0.5, 0.6) is 0 Å². The quantitative estimate of drug-likeness (QED) is 0.0266. The summed E-state index contributed by atoms with van der Waals surface area (Å²) in [5, 5.41) is 0. The third-order valence-electron chi connectivity index (χ3n) is 10.5. The molecule has 1 atom stereocenters. The van der Waals surface area contributed by atoms with Gasteiger partial charge in [-0.2, -0.15) is 0 Å². The summed E-state index contributed by atoms with van der Waals surface area (Å²) in [5.74, 6) is -0.870. The van der Waals surface area contributed by atoms with E-state index in [1.165, 1.54) is 154 Å². The van der Waals surface area contributed by atoms with Crippen molar-refractivity contribution in [3.8, 4) is 0 Å². The van der Waals surface area contributed by atoms with Gasteiger partial charge in [0.15, 0.2) is 6.10 Å². The van der Waals surface area contributed by atoms with E-state index < -0.39 is 6.10 Å². The summed E-state index contributed by atoms with van der Waals surface area (Å²) in [6.07, 6.45) is 46.2. The number of carbonyl (C=O) groups is 3. The van der Waals surface area contributed by atoms with Crippen LogP contribution in [0.2, 0.25) is 0 Å². The number of unbranched alkanes of at least 4 members (excludes halogenated alkanes) is 30. The number of hydrogen-bond donors (Lipinski definition) is 0. The highest BCUT2D eigenvalue weighted by Gasteiger charge is 2.19. The predicted molar refractivity (Wildman–Crippen MR) is 229 cm³/mol. The smallest absolute Gasteiger partial charge is 0.306 e. The van der Waals surface area contributed by atoms with Crippen LogP contribution in [0.3, 0.4) is 0 Å². The maximum absolute atomic E-state index is 12.7. The average molecular weight is 763 g/mol. The topological polar surface area (TPSA) is 78.9 Å². The highest BCUT2D eigenvalue weighted by Crippen LogP contribution is 2.15. The molecule has 0 aromatic heterocycles. The second kappa shape index (κ2) is 43.9. The molecule has 0 N–H and O–H groups in total. The second-order valence-electron chi connectivity index (χ2n) is 16.0. The molecule has 0 amide bonds. The molecule has 6 nitrogen and oxygen atoms in total. The fraction of sp³-hybridized carbons (Fsp3) is 0.896. The van der Waals surface area contributed by atoms with Crippen molar-refractivity contribution in [1.82, 2.24) is 0 Å². The van der Waals surface area contributed by atoms with Crippen LogP contribution >= 0.6 is 0 Å². The molecule has 0 radical (unpaired) electrons. The molecule has 0 saturated carbocycles. The molecular weight excluding hydrogens is 673 g/mol. The van der Waals surface area contributed by atoms with Crippen molar-refractivity contribution in [3.63, 3.8) is 0 Å². The zero-order valence-corrected chi connectivity index (χ0v) is 36.3. The van der Waals surface area contributed by atoms with Crippen LogP contribution < -0.4 is 0 Å². The normalized spacial score (nSPS) is 12.0. The molecule has 0 heterocycles. The number of rotatable bonds is 43. The van der Waals surface area contributed by atoms with E-state index in [9.17, 15) is 14.4 Å². The van der Waals surface area contributed by atoms with E-state index in [4.69, 9.17) is 14.2 Å². The van der Waals surface area contributed by atoms with E-state index in [2.05, 4.69) is 32.9 Å². The zero-order chi connectivity index (χ0) is 39.4. The second-order valence-corrected chi connectivity index (χ2v) is 16.0. The lowest BCUT2D eigenvalue weighted by Gasteiger charge is -2.18. The van der Waals surface area contributed by atoms with E-state index in [0.29, 0.717) is 19.3 Å². The average Bonchev–Trinajstić information content (AvgIpc) is 3.17. The van der Waals surface area contributed by atoms with Crippen molar-refractivity contribution < 1.29 is 28.6 Å². The Balaban J connectivity index is 4.30.